The second-order valence-corrected chi connectivity index (χ2v) is 6.28. The Morgan fingerprint density at radius 2 is 2.10 bits per heavy atom. The Kier molecular flexibility index (Phi) is 5.54. The lowest BCUT2D eigenvalue weighted by Crippen LogP contribution is -2.40. The molecule has 3 heteroatoms. The van der Waals surface area contributed by atoms with Crippen molar-refractivity contribution < 1.29 is 9.53 Å². The number of hydrogen-bond donors (Lipinski definition) is 0. The molecule has 1 aromatic carbocycles. The van der Waals surface area contributed by atoms with E-state index in [9.17, 15) is 4.79 Å². The van der Waals surface area contributed by atoms with Crippen LogP contribution in [-0.2, 0) is 4.74 Å². The first-order valence-electron chi connectivity index (χ1n) is 7.86. The highest BCUT2D eigenvalue weighted by molar-refractivity contribution is 5.99. The summed E-state index contributed by atoms with van der Waals surface area (Å²) in [7, 11) is 1.71. The first-order valence-corrected chi connectivity index (χ1v) is 7.86. The molecule has 1 aromatic rings. The van der Waals surface area contributed by atoms with Gasteiger partial charge in [0.05, 0.1) is 13.2 Å². The van der Waals surface area contributed by atoms with Crippen LogP contribution in [0.3, 0.4) is 0 Å². The van der Waals surface area contributed by atoms with E-state index in [1.165, 1.54) is 12.8 Å². The first-order chi connectivity index (χ1) is 10.0. The topological polar surface area (TPSA) is 29.5 Å². The van der Waals surface area contributed by atoms with Crippen molar-refractivity contribution in [2.75, 3.05) is 26.8 Å². The number of Topliss-reactive ketones (excluding diaryl/α,β-unsaturated/α-hetero) is 1. The number of methoxy groups -OCH3 is 1. The van der Waals surface area contributed by atoms with Crippen molar-refractivity contribution in [1.29, 1.82) is 0 Å². The van der Waals surface area contributed by atoms with Gasteiger partial charge >= 0.3 is 0 Å². The maximum atomic E-state index is 12.7. The summed E-state index contributed by atoms with van der Waals surface area (Å²) in [6, 6.07) is 6.57. The summed E-state index contributed by atoms with van der Waals surface area (Å²) >= 11 is 0. The van der Waals surface area contributed by atoms with Crippen LogP contribution in [0.25, 0.3) is 0 Å². The minimum atomic E-state index is 0.222. The molecule has 1 aliphatic carbocycles. The molecule has 1 aliphatic rings. The molecule has 2 rings (SSSR count). The largest absolute Gasteiger partial charge is 0.383 e. The number of carbonyl (C=O) groups is 1. The predicted octanol–water partition coefficient (Wildman–Crippen LogP) is 3.23. The van der Waals surface area contributed by atoms with E-state index in [-0.39, 0.29) is 5.78 Å². The van der Waals surface area contributed by atoms with Crippen LogP contribution in [0.2, 0.25) is 0 Å². The molecule has 21 heavy (non-hydrogen) atoms. The molecule has 0 heterocycles. The van der Waals surface area contributed by atoms with Gasteiger partial charge in [0.15, 0.2) is 5.78 Å². The van der Waals surface area contributed by atoms with Gasteiger partial charge in [0.25, 0.3) is 0 Å². The predicted molar refractivity (Wildman–Crippen MR) is 85.9 cm³/mol. The lowest BCUT2D eigenvalue weighted by Gasteiger charge is -2.28. The van der Waals surface area contributed by atoms with E-state index in [2.05, 4.69) is 17.9 Å². The smallest absolute Gasteiger partial charge is 0.177 e. The minimum Gasteiger partial charge on any atom is -0.383 e. The highest BCUT2D eigenvalue weighted by Gasteiger charge is 2.32. The quantitative estimate of drug-likeness (QED) is 0.688. The molecule has 0 bridgehead atoms. The number of rotatable bonds is 8. The third kappa shape index (κ3) is 4.39. The van der Waals surface area contributed by atoms with E-state index in [1.807, 2.05) is 26.0 Å². The average Bonchev–Trinajstić information content (AvgIpc) is 3.29. The molecule has 0 radical (unpaired) electrons. The number of hydrogen-bond acceptors (Lipinski definition) is 3. The van der Waals surface area contributed by atoms with Gasteiger partial charge in [-0.05, 0) is 51.2 Å². The van der Waals surface area contributed by atoms with E-state index < -0.39 is 0 Å². The molecule has 3 nitrogen and oxygen atoms in total. The molecule has 1 unspecified atom stereocenters. The fourth-order valence-corrected chi connectivity index (χ4v) is 2.82. The van der Waals surface area contributed by atoms with Crippen molar-refractivity contribution in [3.8, 4) is 0 Å². The van der Waals surface area contributed by atoms with Crippen LogP contribution in [-0.4, -0.2) is 43.5 Å². The highest BCUT2D eigenvalue weighted by Crippen LogP contribution is 2.35. The summed E-state index contributed by atoms with van der Waals surface area (Å²) in [5.74, 6) is 0.980. The van der Waals surface area contributed by atoms with Gasteiger partial charge in [-0.25, -0.2) is 0 Å². The molecule has 0 N–H and O–H groups in total. The standard InChI is InChI=1S/C18H27NO2/c1-13-5-6-14(2)17(11-13)18(20)12-19(9-10-21-4)15(3)16-7-8-16/h5-6,11,15-16H,7-10,12H2,1-4H3. The molecule has 0 saturated heterocycles. The van der Waals surface area contributed by atoms with Crippen LogP contribution >= 0.6 is 0 Å². The van der Waals surface area contributed by atoms with Crippen LogP contribution < -0.4 is 0 Å². The molecule has 1 atom stereocenters. The van der Waals surface area contributed by atoms with Gasteiger partial charge in [-0.2, -0.15) is 0 Å². The lowest BCUT2D eigenvalue weighted by atomic mass is 10.0. The Hall–Kier alpha value is -1.19. The maximum Gasteiger partial charge on any atom is 0.177 e. The third-order valence-electron chi connectivity index (χ3n) is 4.50. The van der Waals surface area contributed by atoms with Gasteiger partial charge < -0.3 is 4.74 Å². The van der Waals surface area contributed by atoms with Gasteiger partial charge in [-0.15, -0.1) is 0 Å². The monoisotopic (exact) mass is 289 g/mol. The average molecular weight is 289 g/mol. The SMILES string of the molecule is COCCN(CC(=O)c1cc(C)ccc1C)C(C)C1CC1. The zero-order chi connectivity index (χ0) is 15.4. The maximum absolute atomic E-state index is 12.7. The third-order valence-corrected chi connectivity index (χ3v) is 4.50. The van der Waals surface area contributed by atoms with E-state index >= 15 is 0 Å². The van der Waals surface area contributed by atoms with E-state index in [0.29, 0.717) is 19.2 Å². The van der Waals surface area contributed by atoms with Gasteiger partial charge in [0, 0.05) is 25.3 Å². The van der Waals surface area contributed by atoms with Crippen molar-refractivity contribution in [3.63, 3.8) is 0 Å². The number of ketones is 1. The summed E-state index contributed by atoms with van der Waals surface area (Å²) in [6.07, 6.45) is 2.59. The Balaban J connectivity index is 2.07. The molecule has 1 fully saturated rings. The highest BCUT2D eigenvalue weighted by atomic mass is 16.5. The second kappa shape index (κ2) is 7.19. The Morgan fingerprint density at radius 1 is 1.38 bits per heavy atom. The summed E-state index contributed by atoms with van der Waals surface area (Å²) in [6.45, 7) is 8.28. The van der Waals surface area contributed by atoms with E-state index in [4.69, 9.17) is 4.74 Å². The number of carbonyl (C=O) groups excluding carboxylic acids is 1. The molecule has 0 aliphatic heterocycles. The van der Waals surface area contributed by atoms with Crippen LogP contribution in [0.4, 0.5) is 0 Å². The van der Waals surface area contributed by atoms with Gasteiger partial charge in [-0.3, -0.25) is 9.69 Å². The lowest BCUT2D eigenvalue weighted by molar-refractivity contribution is 0.0816. The fraction of sp³-hybridized carbons (Fsp3) is 0.611. The van der Waals surface area contributed by atoms with Gasteiger partial charge in [0.2, 0.25) is 0 Å². The molecular formula is C18H27NO2. The second-order valence-electron chi connectivity index (χ2n) is 6.28. The molecule has 1 saturated carbocycles. The van der Waals surface area contributed by atoms with Crippen molar-refractivity contribution in [1.82, 2.24) is 4.90 Å². The Morgan fingerprint density at radius 3 is 2.71 bits per heavy atom. The summed E-state index contributed by atoms with van der Waals surface area (Å²) in [5.41, 5.74) is 3.07. The molecular weight excluding hydrogens is 262 g/mol. The Labute approximate surface area is 128 Å². The zero-order valence-corrected chi connectivity index (χ0v) is 13.7. The van der Waals surface area contributed by atoms with Gasteiger partial charge in [0.1, 0.15) is 0 Å². The normalized spacial score (nSPS) is 16.2. The Bertz CT molecular complexity index is 494. The summed E-state index contributed by atoms with van der Waals surface area (Å²) in [4.78, 5) is 14.9. The van der Waals surface area contributed by atoms with E-state index in [1.54, 1.807) is 7.11 Å². The molecule has 0 amide bonds. The number of aryl methyl sites for hydroxylation is 2. The van der Waals surface area contributed by atoms with Crippen LogP contribution in [0, 0.1) is 19.8 Å². The van der Waals surface area contributed by atoms with Crippen molar-refractivity contribution >= 4 is 5.78 Å². The van der Waals surface area contributed by atoms with E-state index in [0.717, 1.165) is 29.2 Å². The first kappa shape index (κ1) is 16.2. The van der Waals surface area contributed by atoms with Crippen molar-refractivity contribution in [3.05, 3.63) is 34.9 Å². The number of benzene rings is 1. The molecule has 0 spiro atoms. The molecule has 0 aromatic heterocycles. The van der Waals surface area contributed by atoms with Crippen LogP contribution in [0.15, 0.2) is 18.2 Å². The van der Waals surface area contributed by atoms with Gasteiger partial charge in [-0.1, -0.05) is 17.7 Å². The molecule has 116 valence electrons. The summed E-state index contributed by atoms with van der Waals surface area (Å²) < 4.78 is 5.20. The zero-order valence-electron chi connectivity index (χ0n) is 13.7. The minimum absolute atomic E-state index is 0.222. The number of nitrogens with zero attached hydrogens (tertiary/aromatic N) is 1. The number of ether oxygens (including phenoxy) is 1. The van der Waals surface area contributed by atoms with Crippen LogP contribution in [0.5, 0.6) is 0 Å². The van der Waals surface area contributed by atoms with Crippen molar-refractivity contribution in [2.24, 2.45) is 5.92 Å². The van der Waals surface area contributed by atoms with Crippen molar-refractivity contribution in [2.45, 2.75) is 39.7 Å². The fourth-order valence-electron chi connectivity index (χ4n) is 2.82. The van der Waals surface area contributed by atoms with Crippen LogP contribution in [0.1, 0.15) is 41.3 Å². The summed E-state index contributed by atoms with van der Waals surface area (Å²) in [5, 5.41) is 0.